The number of ketones is 1. The monoisotopic (exact) mass is 523 g/mol. The van der Waals surface area contributed by atoms with Crippen LogP contribution in [0, 0.1) is 0 Å². The molecular weight excluding hydrogens is 490 g/mol. The number of carbonyl (C=O) groups is 2. The van der Waals surface area contributed by atoms with Crippen LogP contribution >= 0.6 is 11.8 Å². The normalized spacial score (nSPS) is 19.3. The molecular formula is C29H33NO6S. The molecule has 2 aromatic carbocycles. The second-order valence-electron chi connectivity index (χ2n) is 9.05. The van der Waals surface area contributed by atoms with E-state index in [0.717, 1.165) is 22.8 Å². The van der Waals surface area contributed by atoms with Crippen molar-refractivity contribution in [1.29, 1.82) is 0 Å². The molecule has 2 aliphatic rings. The molecule has 0 spiro atoms. The van der Waals surface area contributed by atoms with Crippen molar-refractivity contribution < 1.29 is 28.9 Å². The number of hydrogen-bond acceptors (Lipinski definition) is 8. The van der Waals surface area contributed by atoms with Gasteiger partial charge in [0.15, 0.2) is 17.3 Å². The van der Waals surface area contributed by atoms with Gasteiger partial charge in [0.25, 0.3) is 0 Å². The Bertz CT molecular complexity index is 1230. The summed E-state index contributed by atoms with van der Waals surface area (Å²) in [5.74, 6) is 1.59. The second kappa shape index (κ2) is 11.8. The largest absolute Gasteiger partial charge is 0.504 e. The maximum atomic E-state index is 13.7. The molecule has 0 bridgehead atoms. The van der Waals surface area contributed by atoms with Crippen LogP contribution in [0.4, 0.5) is 0 Å². The summed E-state index contributed by atoms with van der Waals surface area (Å²) in [6, 6.07) is 12.7. The van der Waals surface area contributed by atoms with E-state index < -0.39 is 11.9 Å². The molecule has 0 saturated carbocycles. The van der Waals surface area contributed by atoms with Crippen LogP contribution < -0.4 is 14.8 Å². The minimum absolute atomic E-state index is 0.00651. The van der Waals surface area contributed by atoms with Gasteiger partial charge >= 0.3 is 5.97 Å². The van der Waals surface area contributed by atoms with Crippen molar-refractivity contribution in [2.75, 3.05) is 32.3 Å². The van der Waals surface area contributed by atoms with Gasteiger partial charge in [0.2, 0.25) is 0 Å². The zero-order chi connectivity index (χ0) is 26.5. The van der Waals surface area contributed by atoms with E-state index in [1.807, 2.05) is 31.2 Å². The van der Waals surface area contributed by atoms with Crippen molar-refractivity contribution in [2.45, 2.75) is 38.5 Å². The van der Waals surface area contributed by atoms with Crippen LogP contribution in [0.1, 0.15) is 49.7 Å². The molecule has 2 atom stereocenters. The number of rotatable bonds is 9. The summed E-state index contributed by atoms with van der Waals surface area (Å²) in [4.78, 5) is 27.1. The third kappa shape index (κ3) is 5.64. The number of thioether (sulfide) groups is 1. The van der Waals surface area contributed by atoms with Crippen molar-refractivity contribution in [2.24, 2.45) is 0 Å². The Labute approximate surface area is 221 Å². The lowest BCUT2D eigenvalue weighted by molar-refractivity contribution is -0.138. The molecule has 1 aliphatic heterocycles. The summed E-state index contributed by atoms with van der Waals surface area (Å²) < 4.78 is 16.2. The Morgan fingerprint density at radius 3 is 2.49 bits per heavy atom. The maximum Gasteiger partial charge on any atom is 0.336 e. The number of dihydropyridines is 1. The smallest absolute Gasteiger partial charge is 0.336 e. The third-order valence-corrected chi connectivity index (χ3v) is 7.70. The number of phenolic OH excluding ortho intramolecular Hbond substituents is 1. The van der Waals surface area contributed by atoms with E-state index in [0.29, 0.717) is 47.6 Å². The molecule has 8 heteroatoms. The van der Waals surface area contributed by atoms with E-state index in [-0.39, 0.29) is 23.2 Å². The topological polar surface area (TPSA) is 94.1 Å². The Morgan fingerprint density at radius 2 is 1.81 bits per heavy atom. The lowest BCUT2D eigenvalue weighted by atomic mass is 9.71. The van der Waals surface area contributed by atoms with Gasteiger partial charge in [-0.05, 0) is 60.4 Å². The Balaban J connectivity index is 1.73. The zero-order valence-corrected chi connectivity index (χ0v) is 22.4. The number of aromatic hydroxyl groups is 1. The van der Waals surface area contributed by atoms with E-state index in [1.54, 1.807) is 31.0 Å². The highest BCUT2D eigenvalue weighted by Gasteiger charge is 2.41. The van der Waals surface area contributed by atoms with Crippen LogP contribution in [0.2, 0.25) is 0 Å². The minimum atomic E-state index is -0.624. The van der Waals surface area contributed by atoms with Gasteiger partial charge in [-0.25, -0.2) is 4.79 Å². The lowest BCUT2D eigenvalue weighted by Crippen LogP contribution is -2.36. The van der Waals surface area contributed by atoms with Gasteiger partial charge in [0.05, 0.1) is 19.8 Å². The average Bonchev–Trinajstić information content (AvgIpc) is 2.90. The number of benzene rings is 2. The molecule has 4 rings (SSSR count). The average molecular weight is 524 g/mol. The first-order chi connectivity index (χ1) is 17.9. The highest BCUT2D eigenvalue weighted by Crippen LogP contribution is 2.47. The standard InChI is InChI=1S/C29H33NO6S/c1-5-37-13-12-36-29(33)26-17(2)30-22-14-20(18-6-9-21(34-3)10-7-18)15-24(32)28(22)27(26)19-8-11-23(31)25(16-19)35-4/h6-11,16,20,27,30-31H,5,12-15H2,1-4H3/t20-,27-/m1/s1. The fourth-order valence-electron chi connectivity index (χ4n) is 5.04. The molecule has 1 aliphatic carbocycles. The molecule has 196 valence electrons. The fraction of sp³-hybridized carbons (Fsp3) is 0.379. The zero-order valence-electron chi connectivity index (χ0n) is 21.6. The molecule has 0 radical (unpaired) electrons. The highest BCUT2D eigenvalue weighted by molar-refractivity contribution is 7.99. The molecule has 0 saturated heterocycles. The predicted molar refractivity (Wildman–Crippen MR) is 144 cm³/mol. The quantitative estimate of drug-likeness (QED) is 0.348. The van der Waals surface area contributed by atoms with Crippen molar-refractivity contribution in [3.8, 4) is 17.2 Å². The number of methoxy groups -OCH3 is 2. The van der Waals surface area contributed by atoms with E-state index in [1.165, 1.54) is 13.2 Å². The number of hydrogen-bond donors (Lipinski definition) is 2. The third-order valence-electron chi connectivity index (χ3n) is 6.84. The Hall–Kier alpha value is -3.39. The van der Waals surface area contributed by atoms with E-state index in [2.05, 4.69) is 12.2 Å². The summed E-state index contributed by atoms with van der Waals surface area (Å²) in [6.07, 6.45) is 0.957. The molecule has 0 aromatic heterocycles. The SMILES string of the molecule is CCSCCOC(=O)C1=C(C)NC2=C(C(=O)C[C@H](c3ccc(OC)cc3)C2)[C@@H]1c1ccc(O)c(OC)c1. The van der Waals surface area contributed by atoms with E-state index in [4.69, 9.17) is 14.2 Å². The number of allylic oxidation sites excluding steroid dienone is 3. The fourth-order valence-corrected chi connectivity index (χ4v) is 5.53. The molecule has 1 heterocycles. The lowest BCUT2D eigenvalue weighted by Gasteiger charge is -2.36. The number of phenols is 1. The maximum absolute atomic E-state index is 13.7. The summed E-state index contributed by atoms with van der Waals surface area (Å²) in [7, 11) is 3.10. The van der Waals surface area contributed by atoms with E-state index >= 15 is 0 Å². The second-order valence-corrected chi connectivity index (χ2v) is 10.4. The van der Waals surface area contributed by atoms with Crippen molar-refractivity contribution >= 4 is 23.5 Å². The summed E-state index contributed by atoms with van der Waals surface area (Å²) in [6.45, 7) is 4.19. The Kier molecular flexibility index (Phi) is 8.48. The number of ether oxygens (including phenoxy) is 3. The van der Waals surface area contributed by atoms with Gasteiger partial charge in [-0.15, -0.1) is 0 Å². The van der Waals surface area contributed by atoms with Crippen molar-refractivity contribution in [1.82, 2.24) is 5.32 Å². The Morgan fingerprint density at radius 1 is 1.08 bits per heavy atom. The number of carbonyl (C=O) groups excluding carboxylic acids is 2. The highest BCUT2D eigenvalue weighted by atomic mass is 32.2. The number of esters is 1. The molecule has 37 heavy (non-hydrogen) atoms. The van der Waals surface area contributed by atoms with Crippen molar-refractivity contribution in [3.63, 3.8) is 0 Å². The molecule has 2 N–H and O–H groups in total. The van der Waals surface area contributed by atoms with Crippen LogP contribution in [0.5, 0.6) is 17.2 Å². The molecule has 0 amide bonds. The van der Waals surface area contributed by atoms with Crippen LogP contribution in [0.25, 0.3) is 0 Å². The number of Topliss-reactive ketones (excluding diaryl/α,β-unsaturated/α-hetero) is 1. The van der Waals surface area contributed by atoms with Crippen LogP contribution in [-0.2, 0) is 14.3 Å². The molecule has 2 aromatic rings. The first-order valence-corrected chi connectivity index (χ1v) is 13.5. The van der Waals surface area contributed by atoms with Gasteiger partial charge in [0, 0.05) is 35.1 Å². The summed E-state index contributed by atoms with van der Waals surface area (Å²) in [5, 5.41) is 13.5. The first-order valence-electron chi connectivity index (χ1n) is 12.4. The minimum Gasteiger partial charge on any atom is -0.504 e. The molecule has 7 nitrogen and oxygen atoms in total. The number of nitrogens with one attached hydrogen (secondary N) is 1. The van der Waals surface area contributed by atoms with Crippen LogP contribution in [-0.4, -0.2) is 49.2 Å². The predicted octanol–water partition coefficient (Wildman–Crippen LogP) is 5.07. The van der Waals surface area contributed by atoms with E-state index in [9.17, 15) is 14.7 Å². The van der Waals surface area contributed by atoms with Gasteiger partial charge in [0.1, 0.15) is 12.4 Å². The van der Waals surface area contributed by atoms with Gasteiger partial charge in [-0.2, -0.15) is 11.8 Å². The van der Waals surface area contributed by atoms with Gasteiger partial charge in [-0.3, -0.25) is 4.79 Å². The van der Waals surface area contributed by atoms with Crippen LogP contribution in [0.15, 0.2) is 65.0 Å². The van der Waals surface area contributed by atoms with Gasteiger partial charge < -0.3 is 24.6 Å². The molecule has 0 fully saturated rings. The van der Waals surface area contributed by atoms with Crippen LogP contribution in [0.3, 0.4) is 0 Å². The summed E-state index contributed by atoms with van der Waals surface area (Å²) in [5.41, 5.74) is 4.19. The first kappa shape index (κ1) is 26.7. The summed E-state index contributed by atoms with van der Waals surface area (Å²) >= 11 is 1.70. The van der Waals surface area contributed by atoms with Gasteiger partial charge in [-0.1, -0.05) is 25.1 Å². The van der Waals surface area contributed by atoms with Crippen molar-refractivity contribution in [3.05, 3.63) is 76.1 Å². The molecule has 0 unspecified atom stereocenters.